The topological polar surface area (TPSA) is 79.5 Å². The number of nitrogens with one attached hydrogen (secondary N) is 3. The zero-order chi connectivity index (χ0) is 17.0. The van der Waals surface area contributed by atoms with Crippen LogP contribution < -0.4 is 20.7 Å². The molecule has 1 aromatic carbocycles. The van der Waals surface area contributed by atoms with Crippen molar-refractivity contribution in [3.8, 4) is 5.75 Å². The standard InChI is InChI=1S/C18H25N3O3.ClH/c1-19-16(22)6-11-24-14-4-2-13(3-5-14)21-17(23)15-12-18(15)7-9-20-10-8-18;/h2-5,15,20H,6-12H2,1H3,(H,19,22)(H,21,23);1H. The SMILES string of the molecule is CNC(=O)CCOc1ccc(NC(=O)C2CC23CCNCC3)cc1.Cl. The van der Waals surface area contributed by atoms with E-state index in [4.69, 9.17) is 4.74 Å². The van der Waals surface area contributed by atoms with Crippen molar-refractivity contribution in [2.45, 2.75) is 25.7 Å². The van der Waals surface area contributed by atoms with Crippen molar-refractivity contribution in [3.63, 3.8) is 0 Å². The molecule has 1 spiro atoms. The molecule has 1 heterocycles. The predicted octanol–water partition coefficient (Wildman–Crippen LogP) is 1.95. The number of amides is 2. The molecular formula is C18H26ClN3O3. The van der Waals surface area contributed by atoms with E-state index in [2.05, 4.69) is 16.0 Å². The summed E-state index contributed by atoms with van der Waals surface area (Å²) in [6, 6.07) is 7.30. The Labute approximate surface area is 154 Å². The highest BCUT2D eigenvalue weighted by atomic mass is 35.5. The summed E-state index contributed by atoms with van der Waals surface area (Å²) in [5.41, 5.74) is 1.03. The molecule has 2 aliphatic rings. The first-order valence-corrected chi connectivity index (χ1v) is 8.58. The van der Waals surface area contributed by atoms with Crippen LogP contribution in [0.1, 0.15) is 25.7 Å². The van der Waals surface area contributed by atoms with Crippen LogP contribution in [0.5, 0.6) is 5.75 Å². The second-order valence-corrected chi connectivity index (χ2v) is 6.65. The van der Waals surface area contributed by atoms with Crippen molar-refractivity contribution in [1.29, 1.82) is 0 Å². The first kappa shape index (κ1) is 19.5. The van der Waals surface area contributed by atoms with E-state index in [0.717, 1.165) is 38.0 Å². The van der Waals surface area contributed by atoms with E-state index < -0.39 is 0 Å². The summed E-state index contributed by atoms with van der Waals surface area (Å²) in [4.78, 5) is 23.5. The van der Waals surface area contributed by atoms with Gasteiger partial charge in [0.2, 0.25) is 11.8 Å². The number of ether oxygens (including phenoxy) is 1. The smallest absolute Gasteiger partial charge is 0.228 e. The van der Waals surface area contributed by atoms with E-state index in [9.17, 15) is 9.59 Å². The molecule has 3 rings (SSSR count). The molecule has 1 aliphatic heterocycles. The Kier molecular flexibility index (Phi) is 6.67. The minimum Gasteiger partial charge on any atom is -0.493 e. The van der Waals surface area contributed by atoms with Crippen molar-refractivity contribution >= 4 is 29.9 Å². The number of anilines is 1. The zero-order valence-corrected chi connectivity index (χ0v) is 15.3. The van der Waals surface area contributed by atoms with Gasteiger partial charge in [-0.25, -0.2) is 0 Å². The molecule has 1 aromatic rings. The van der Waals surface area contributed by atoms with Gasteiger partial charge in [-0.05, 0) is 62.0 Å². The maximum Gasteiger partial charge on any atom is 0.228 e. The summed E-state index contributed by atoms with van der Waals surface area (Å²) < 4.78 is 5.51. The molecule has 3 N–H and O–H groups in total. The summed E-state index contributed by atoms with van der Waals surface area (Å²) in [6.07, 6.45) is 3.54. The maximum absolute atomic E-state index is 12.4. The van der Waals surface area contributed by atoms with Crippen molar-refractivity contribution < 1.29 is 14.3 Å². The Morgan fingerprint density at radius 2 is 1.92 bits per heavy atom. The van der Waals surface area contributed by atoms with Gasteiger partial charge in [0.05, 0.1) is 13.0 Å². The molecule has 1 saturated carbocycles. The van der Waals surface area contributed by atoms with Gasteiger partial charge in [0.1, 0.15) is 5.75 Å². The lowest BCUT2D eigenvalue weighted by Crippen LogP contribution is -2.31. The number of rotatable bonds is 6. The van der Waals surface area contributed by atoms with Crippen molar-refractivity contribution in [2.24, 2.45) is 11.3 Å². The highest BCUT2D eigenvalue weighted by Crippen LogP contribution is 2.58. The van der Waals surface area contributed by atoms with Crippen LogP contribution in [0.4, 0.5) is 5.69 Å². The van der Waals surface area contributed by atoms with Gasteiger partial charge >= 0.3 is 0 Å². The minimum absolute atomic E-state index is 0. The summed E-state index contributed by atoms with van der Waals surface area (Å²) in [6.45, 7) is 2.38. The Bertz CT molecular complexity index is 600. The zero-order valence-electron chi connectivity index (χ0n) is 14.5. The monoisotopic (exact) mass is 367 g/mol. The van der Waals surface area contributed by atoms with E-state index >= 15 is 0 Å². The first-order chi connectivity index (χ1) is 11.6. The van der Waals surface area contributed by atoms with E-state index in [-0.39, 0.29) is 35.6 Å². The second-order valence-electron chi connectivity index (χ2n) is 6.65. The van der Waals surface area contributed by atoms with E-state index in [1.165, 1.54) is 0 Å². The van der Waals surface area contributed by atoms with Gasteiger partial charge in [0.15, 0.2) is 0 Å². The number of piperidine rings is 1. The van der Waals surface area contributed by atoms with Gasteiger partial charge in [-0.1, -0.05) is 0 Å². The lowest BCUT2D eigenvalue weighted by molar-refractivity contribution is -0.121. The lowest BCUT2D eigenvalue weighted by atomic mass is 9.92. The van der Waals surface area contributed by atoms with E-state index in [1.54, 1.807) is 7.05 Å². The minimum atomic E-state index is -0.0461. The third-order valence-electron chi connectivity index (χ3n) is 5.10. The maximum atomic E-state index is 12.4. The number of hydrogen-bond donors (Lipinski definition) is 3. The van der Waals surface area contributed by atoms with Crippen LogP contribution in [0.15, 0.2) is 24.3 Å². The molecule has 1 unspecified atom stereocenters. The normalized spacial score (nSPS) is 20.3. The van der Waals surface area contributed by atoms with Crippen molar-refractivity contribution in [3.05, 3.63) is 24.3 Å². The van der Waals surface area contributed by atoms with Crippen LogP contribution in [0.3, 0.4) is 0 Å². The van der Waals surface area contributed by atoms with Gasteiger partial charge in [0.25, 0.3) is 0 Å². The number of benzene rings is 1. The van der Waals surface area contributed by atoms with Gasteiger partial charge < -0.3 is 20.7 Å². The Morgan fingerprint density at radius 3 is 2.56 bits per heavy atom. The Hall–Kier alpha value is -1.79. The molecular weight excluding hydrogens is 342 g/mol. The van der Waals surface area contributed by atoms with Crippen LogP contribution in [0, 0.1) is 11.3 Å². The lowest BCUT2D eigenvalue weighted by Gasteiger charge is -2.23. The molecule has 1 aliphatic carbocycles. The van der Waals surface area contributed by atoms with Gasteiger partial charge in [-0.2, -0.15) is 0 Å². The number of carbonyl (C=O) groups excluding carboxylic acids is 2. The molecule has 1 atom stereocenters. The fourth-order valence-electron chi connectivity index (χ4n) is 3.45. The van der Waals surface area contributed by atoms with Gasteiger partial charge in [-0.15, -0.1) is 12.4 Å². The molecule has 2 fully saturated rings. The second kappa shape index (κ2) is 8.54. The third kappa shape index (κ3) is 4.86. The predicted molar refractivity (Wildman–Crippen MR) is 99.1 cm³/mol. The fraction of sp³-hybridized carbons (Fsp3) is 0.556. The molecule has 6 nitrogen and oxygen atoms in total. The number of hydrogen-bond acceptors (Lipinski definition) is 4. The van der Waals surface area contributed by atoms with Gasteiger partial charge in [-0.3, -0.25) is 9.59 Å². The number of carbonyl (C=O) groups is 2. The summed E-state index contributed by atoms with van der Waals surface area (Å²) in [5, 5.41) is 8.91. The fourth-order valence-corrected chi connectivity index (χ4v) is 3.45. The highest BCUT2D eigenvalue weighted by Gasteiger charge is 2.57. The third-order valence-corrected chi connectivity index (χ3v) is 5.10. The highest BCUT2D eigenvalue weighted by molar-refractivity contribution is 5.95. The Morgan fingerprint density at radius 1 is 1.24 bits per heavy atom. The first-order valence-electron chi connectivity index (χ1n) is 8.58. The molecule has 25 heavy (non-hydrogen) atoms. The molecule has 0 bridgehead atoms. The molecule has 2 amide bonds. The molecule has 1 saturated heterocycles. The van der Waals surface area contributed by atoms with Crippen LogP contribution in [0.2, 0.25) is 0 Å². The van der Waals surface area contributed by atoms with Crippen LogP contribution in [0.25, 0.3) is 0 Å². The summed E-state index contributed by atoms with van der Waals surface area (Å²) in [5.74, 6) is 0.932. The summed E-state index contributed by atoms with van der Waals surface area (Å²) >= 11 is 0. The molecule has 0 radical (unpaired) electrons. The van der Waals surface area contributed by atoms with Crippen LogP contribution in [-0.2, 0) is 9.59 Å². The average molecular weight is 368 g/mol. The number of halogens is 1. The molecule has 0 aromatic heterocycles. The Balaban J connectivity index is 0.00000225. The molecule has 138 valence electrons. The van der Waals surface area contributed by atoms with Gasteiger partial charge in [0, 0.05) is 18.7 Å². The van der Waals surface area contributed by atoms with Crippen LogP contribution >= 0.6 is 12.4 Å². The van der Waals surface area contributed by atoms with Crippen LogP contribution in [-0.4, -0.2) is 38.6 Å². The molecule has 7 heteroatoms. The van der Waals surface area contributed by atoms with Crippen molar-refractivity contribution in [2.75, 3.05) is 32.1 Å². The van der Waals surface area contributed by atoms with E-state index in [0.29, 0.717) is 18.8 Å². The summed E-state index contributed by atoms with van der Waals surface area (Å²) in [7, 11) is 1.60. The van der Waals surface area contributed by atoms with Crippen molar-refractivity contribution in [1.82, 2.24) is 10.6 Å². The average Bonchev–Trinajstić information content (AvgIpc) is 3.30. The van der Waals surface area contributed by atoms with E-state index in [1.807, 2.05) is 24.3 Å². The largest absolute Gasteiger partial charge is 0.493 e. The quantitative estimate of drug-likeness (QED) is 0.718.